The van der Waals surface area contributed by atoms with Crippen molar-refractivity contribution in [2.45, 2.75) is 6.48 Å². The Bertz CT molecular complexity index is 806. The molecule has 2 aromatic carbocycles. The first-order chi connectivity index (χ1) is 12.1. The number of methoxy groups -OCH3 is 3. The molecule has 3 rings (SSSR count). The van der Waals surface area contributed by atoms with Gasteiger partial charge in [-0.05, 0) is 40.2 Å². The number of hydrogen-bond acceptors (Lipinski definition) is 7. The molecule has 0 saturated carbocycles. The molecule has 0 fully saturated rings. The van der Waals surface area contributed by atoms with Crippen LogP contribution in [0.4, 0.5) is 0 Å². The van der Waals surface area contributed by atoms with Crippen LogP contribution in [-0.2, 0) is 4.74 Å². The summed E-state index contributed by atoms with van der Waals surface area (Å²) in [6.45, 7) is -0.873. The van der Waals surface area contributed by atoms with Crippen molar-refractivity contribution in [3.05, 3.63) is 40.4 Å². The third-order valence-corrected chi connectivity index (χ3v) is 4.12. The third-order valence-electron chi connectivity index (χ3n) is 3.47. The van der Waals surface area contributed by atoms with E-state index in [1.54, 1.807) is 24.3 Å². The molecule has 1 aliphatic rings. The summed E-state index contributed by atoms with van der Waals surface area (Å²) in [7, 11) is 4.45. The van der Waals surface area contributed by atoms with Crippen molar-refractivity contribution < 1.29 is 33.2 Å². The number of halogens is 1. The zero-order chi connectivity index (χ0) is 18.0. The molecule has 0 N–H and O–H groups in total. The highest BCUT2D eigenvalue weighted by Gasteiger charge is 2.29. The fourth-order valence-electron chi connectivity index (χ4n) is 2.27. The first-order valence-corrected chi connectivity index (χ1v) is 7.99. The topological polar surface area (TPSA) is 72.5 Å². The van der Waals surface area contributed by atoms with Gasteiger partial charge in [-0.15, -0.1) is 0 Å². The first kappa shape index (κ1) is 17.4. The Labute approximate surface area is 152 Å². The second kappa shape index (κ2) is 7.20. The molecule has 132 valence electrons. The number of carbonyl (C=O) groups excluding carboxylic acids is 1. The van der Waals surface area contributed by atoms with Gasteiger partial charge in [0.25, 0.3) is 0 Å². The summed E-state index contributed by atoms with van der Waals surface area (Å²) in [5.41, 5.74) is 0.275. The quantitative estimate of drug-likeness (QED) is 0.552. The van der Waals surface area contributed by atoms with Crippen LogP contribution in [0.2, 0.25) is 0 Å². The maximum absolute atomic E-state index is 12.6. The van der Waals surface area contributed by atoms with E-state index in [2.05, 4.69) is 15.9 Å². The number of carbonyl (C=O) groups is 1. The van der Waals surface area contributed by atoms with Crippen molar-refractivity contribution in [1.82, 2.24) is 0 Å². The fourth-order valence-corrected chi connectivity index (χ4v) is 2.75. The molecule has 1 aliphatic heterocycles. The largest absolute Gasteiger partial charge is 0.493 e. The second-order valence-electron chi connectivity index (χ2n) is 4.92. The van der Waals surface area contributed by atoms with Gasteiger partial charge >= 0.3 is 12.4 Å². The number of ether oxygens (including phenoxy) is 6. The van der Waals surface area contributed by atoms with E-state index in [1.165, 1.54) is 27.4 Å². The molecule has 0 amide bonds. The van der Waals surface area contributed by atoms with Crippen LogP contribution in [0.3, 0.4) is 0 Å². The Morgan fingerprint density at radius 1 is 1.04 bits per heavy atom. The number of fused-ring (bicyclic) bond motifs is 1. The van der Waals surface area contributed by atoms with Gasteiger partial charge in [-0.1, -0.05) is 6.07 Å². The van der Waals surface area contributed by atoms with Crippen molar-refractivity contribution in [2.24, 2.45) is 0 Å². The molecule has 25 heavy (non-hydrogen) atoms. The fraction of sp³-hybridized carbons (Fsp3) is 0.235. The van der Waals surface area contributed by atoms with Gasteiger partial charge in [0, 0.05) is 11.6 Å². The smallest absolute Gasteiger partial charge is 0.361 e. The van der Waals surface area contributed by atoms with E-state index in [4.69, 9.17) is 28.4 Å². The number of rotatable bonds is 5. The lowest BCUT2D eigenvalue weighted by atomic mass is 10.2. The van der Waals surface area contributed by atoms with Crippen molar-refractivity contribution in [3.8, 4) is 28.7 Å². The van der Waals surface area contributed by atoms with Gasteiger partial charge in [0.1, 0.15) is 0 Å². The van der Waals surface area contributed by atoms with Crippen molar-refractivity contribution in [3.63, 3.8) is 0 Å². The normalized spacial score (nSPS) is 15.0. The van der Waals surface area contributed by atoms with Gasteiger partial charge in [0.05, 0.1) is 19.8 Å². The van der Waals surface area contributed by atoms with E-state index in [9.17, 15) is 4.79 Å². The summed E-state index contributed by atoms with van der Waals surface area (Å²) in [6, 6.07) is 8.15. The predicted octanol–water partition coefficient (Wildman–Crippen LogP) is 3.39. The highest BCUT2D eigenvalue weighted by Crippen LogP contribution is 2.43. The van der Waals surface area contributed by atoms with Gasteiger partial charge in [-0.25, -0.2) is 4.79 Å². The molecule has 1 atom stereocenters. The monoisotopic (exact) mass is 410 g/mol. The Kier molecular flexibility index (Phi) is 5.00. The molecule has 1 heterocycles. The number of benzene rings is 2. The van der Waals surface area contributed by atoms with E-state index in [0.29, 0.717) is 27.5 Å². The average Bonchev–Trinajstić information content (AvgIpc) is 3.05. The Balaban J connectivity index is 1.89. The predicted molar refractivity (Wildman–Crippen MR) is 90.7 cm³/mol. The molecule has 7 nitrogen and oxygen atoms in total. The summed E-state index contributed by atoms with van der Waals surface area (Å²) < 4.78 is 32.2. The van der Waals surface area contributed by atoms with Gasteiger partial charge in [-0.3, -0.25) is 0 Å². The lowest BCUT2D eigenvalue weighted by molar-refractivity contribution is -0.158. The maximum Gasteiger partial charge on any atom is 0.361 e. The zero-order valence-corrected chi connectivity index (χ0v) is 15.3. The van der Waals surface area contributed by atoms with E-state index < -0.39 is 12.4 Å². The van der Waals surface area contributed by atoms with Crippen LogP contribution in [0.25, 0.3) is 0 Å². The standard InChI is InChI=1S/C17H15BrO7/c1-20-13-7-9(10(18)8-14(13)21-2)16(19)23-11-5-4-6-12-15(11)25-17(22-3)24-12/h4-8,17H,1-3H3. The van der Waals surface area contributed by atoms with E-state index in [1.807, 2.05) is 0 Å². The summed E-state index contributed by atoms with van der Waals surface area (Å²) >= 11 is 3.34. The average molecular weight is 411 g/mol. The molecule has 0 spiro atoms. The number of hydrogen-bond donors (Lipinski definition) is 0. The maximum atomic E-state index is 12.6. The van der Waals surface area contributed by atoms with Crippen molar-refractivity contribution >= 4 is 21.9 Å². The molecule has 0 aromatic heterocycles. The molecule has 8 heteroatoms. The van der Waals surface area contributed by atoms with Crippen LogP contribution < -0.4 is 23.7 Å². The lowest BCUT2D eigenvalue weighted by Crippen LogP contribution is -2.19. The van der Waals surface area contributed by atoms with Crippen molar-refractivity contribution in [2.75, 3.05) is 21.3 Å². The molecule has 0 saturated heterocycles. The van der Waals surface area contributed by atoms with Gasteiger partial charge in [0.2, 0.25) is 5.75 Å². The number of para-hydroxylation sites is 1. The van der Waals surface area contributed by atoms with Crippen LogP contribution in [0.15, 0.2) is 34.8 Å². The minimum absolute atomic E-state index is 0.226. The first-order valence-electron chi connectivity index (χ1n) is 7.20. The molecule has 1 unspecified atom stereocenters. The number of esters is 1. The van der Waals surface area contributed by atoms with E-state index in [0.717, 1.165) is 0 Å². The summed E-state index contributed by atoms with van der Waals surface area (Å²) in [5, 5.41) is 0. The molecule has 2 aromatic rings. The molecular weight excluding hydrogens is 396 g/mol. The molecular formula is C17H15BrO7. The van der Waals surface area contributed by atoms with E-state index >= 15 is 0 Å². The van der Waals surface area contributed by atoms with Crippen LogP contribution in [0.5, 0.6) is 28.7 Å². The second-order valence-corrected chi connectivity index (χ2v) is 5.77. The van der Waals surface area contributed by atoms with Crippen LogP contribution >= 0.6 is 15.9 Å². The van der Waals surface area contributed by atoms with Crippen molar-refractivity contribution in [1.29, 1.82) is 0 Å². The minimum Gasteiger partial charge on any atom is -0.493 e. The Morgan fingerprint density at radius 2 is 1.76 bits per heavy atom. The SMILES string of the molecule is COc1cc(Br)c(C(=O)Oc2cccc3c2OC(OC)O3)cc1OC. The molecule has 0 bridgehead atoms. The highest BCUT2D eigenvalue weighted by molar-refractivity contribution is 9.10. The Hall–Kier alpha value is -2.45. The zero-order valence-electron chi connectivity index (χ0n) is 13.7. The summed E-state index contributed by atoms with van der Waals surface area (Å²) in [6.07, 6.45) is 0. The molecule has 0 radical (unpaired) electrons. The van der Waals surface area contributed by atoms with Gasteiger partial charge in [-0.2, -0.15) is 0 Å². The summed E-state index contributed by atoms with van der Waals surface area (Å²) in [5.74, 6) is 1.28. The third kappa shape index (κ3) is 3.35. The Morgan fingerprint density at radius 3 is 2.44 bits per heavy atom. The van der Waals surface area contributed by atoms with Crippen LogP contribution in [0.1, 0.15) is 10.4 Å². The summed E-state index contributed by atoms with van der Waals surface area (Å²) in [4.78, 5) is 12.6. The minimum atomic E-state index is -0.873. The lowest BCUT2D eigenvalue weighted by Gasteiger charge is -2.12. The van der Waals surface area contributed by atoms with Gasteiger partial charge < -0.3 is 28.4 Å². The van der Waals surface area contributed by atoms with Gasteiger partial charge in [0.15, 0.2) is 23.0 Å². The molecule has 0 aliphatic carbocycles. The van der Waals surface area contributed by atoms with E-state index in [-0.39, 0.29) is 11.3 Å². The van der Waals surface area contributed by atoms with Crippen LogP contribution in [-0.4, -0.2) is 33.8 Å². The highest BCUT2D eigenvalue weighted by atomic mass is 79.9. The van der Waals surface area contributed by atoms with Crippen LogP contribution in [0, 0.1) is 0 Å².